The van der Waals surface area contributed by atoms with Crippen LogP contribution >= 0.6 is 0 Å². The smallest absolute Gasteiger partial charge is 0.258 e. The Labute approximate surface area is 197 Å². The number of ketones is 1. The number of hydrogen-bond donors (Lipinski definition) is 2. The van der Waals surface area contributed by atoms with Crippen molar-refractivity contribution in [3.05, 3.63) is 58.3 Å². The number of methoxy groups -OCH3 is 1. The SMILES string of the molecule is COc1cccc2c(=O)[nH]c(CCC(=O)CNC(C)[C@@H]3CCN(c4ccc(C#N)cn4)C3)nc12. The first-order valence-corrected chi connectivity index (χ1v) is 11.4. The Morgan fingerprint density at radius 2 is 2.24 bits per heavy atom. The van der Waals surface area contributed by atoms with Crippen LogP contribution in [0.15, 0.2) is 41.3 Å². The van der Waals surface area contributed by atoms with Crippen LogP contribution < -0.4 is 20.5 Å². The number of pyridine rings is 1. The van der Waals surface area contributed by atoms with Gasteiger partial charge in [-0.05, 0) is 43.5 Å². The lowest BCUT2D eigenvalue weighted by Crippen LogP contribution is -2.38. The lowest BCUT2D eigenvalue weighted by atomic mass is 10.0. The number of ether oxygens (including phenoxy) is 1. The maximum absolute atomic E-state index is 12.5. The molecule has 1 fully saturated rings. The van der Waals surface area contributed by atoms with E-state index in [1.807, 2.05) is 6.07 Å². The molecular formula is C25H28N6O3. The van der Waals surface area contributed by atoms with E-state index in [0.29, 0.717) is 40.4 Å². The lowest BCUT2D eigenvalue weighted by molar-refractivity contribution is -0.118. The standard InChI is InChI=1S/C25H28N6O3/c1-16(18-10-11-31(15-18)23-9-6-17(12-26)13-28-23)27-14-19(32)7-8-22-29-24-20(25(33)30-22)4-3-5-21(24)34-2/h3-6,9,13,16,18,27H,7-8,10-11,14-15H2,1-2H3,(H,29,30,33)/t16?,18-/m1/s1. The van der Waals surface area contributed by atoms with Gasteiger partial charge >= 0.3 is 0 Å². The molecule has 4 rings (SSSR count). The number of nitrogens with one attached hydrogen (secondary N) is 2. The molecule has 0 spiro atoms. The second kappa shape index (κ2) is 10.4. The molecule has 0 amide bonds. The summed E-state index contributed by atoms with van der Waals surface area (Å²) in [6.45, 7) is 4.12. The van der Waals surface area contributed by atoms with Crippen molar-refractivity contribution in [2.75, 3.05) is 31.6 Å². The van der Waals surface area contributed by atoms with E-state index in [9.17, 15) is 9.59 Å². The second-order valence-corrected chi connectivity index (χ2v) is 8.59. The van der Waals surface area contributed by atoms with Crippen LogP contribution in [0.25, 0.3) is 10.9 Å². The minimum atomic E-state index is -0.236. The summed E-state index contributed by atoms with van der Waals surface area (Å²) in [6.07, 6.45) is 3.25. The number of Topliss-reactive ketones (excluding diaryl/α,β-unsaturated/α-hetero) is 1. The number of aryl methyl sites for hydroxylation is 1. The molecule has 3 heterocycles. The highest BCUT2D eigenvalue weighted by Crippen LogP contribution is 2.24. The Morgan fingerprint density at radius 3 is 2.97 bits per heavy atom. The average Bonchev–Trinajstić information content (AvgIpc) is 3.36. The van der Waals surface area contributed by atoms with Crippen molar-refractivity contribution in [1.29, 1.82) is 5.26 Å². The molecule has 2 atom stereocenters. The van der Waals surface area contributed by atoms with E-state index in [-0.39, 0.29) is 30.3 Å². The van der Waals surface area contributed by atoms with Crippen molar-refractivity contribution in [2.24, 2.45) is 5.92 Å². The first-order chi connectivity index (χ1) is 16.5. The van der Waals surface area contributed by atoms with Gasteiger partial charge in [0, 0.05) is 38.2 Å². The third-order valence-corrected chi connectivity index (χ3v) is 6.36. The Hall–Kier alpha value is -3.77. The third-order valence-electron chi connectivity index (χ3n) is 6.36. The van der Waals surface area contributed by atoms with Crippen molar-refractivity contribution in [2.45, 2.75) is 32.2 Å². The minimum Gasteiger partial charge on any atom is -0.494 e. The molecule has 1 unspecified atom stereocenters. The van der Waals surface area contributed by atoms with E-state index in [2.05, 4.69) is 38.2 Å². The van der Waals surface area contributed by atoms with Crippen molar-refractivity contribution >= 4 is 22.5 Å². The summed E-state index contributed by atoms with van der Waals surface area (Å²) in [4.78, 5) is 38.7. The zero-order valence-electron chi connectivity index (χ0n) is 19.4. The number of rotatable bonds is 9. The summed E-state index contributed by atoms with van der Waals surface area (Å²) >= 11 is 0. The number of nitrogens with zero attached hydrogens (tertiary/aromatic N) is 4. The number of fused-ring (bicyclic) bond motifs is 1. The van der Waals surface area contributed by atoms with E-state index in [0.717, 1.165) is 25.3 Å². The highest BCUT2D eigenvalue weighted by Gasteiger charge is 2.28. The van der Waals surface area contributed by atoms with Crippen LogP contribution in [0, 0.1) is 17.2 Å². The van der Waals surface area contributed by atoms with E-state index in [4.69, 9.17) is 10.00 Å². The number of aromatic amines is 1. The quantitative estimate of drug-likeness (QED) is 0.498. The molecule has 0 bridgehead atoms. The molecule has 2 N–H and O–H groups in total. The monoisotopic (exact) mass is 460 g/mol. The molecule has 0 saturated carbocycles. The molecule has 9 heteroatoms. The van der Waals surface area contributed by atoms with Crippen LogP contribution in [-0.4, -0.2) is 53.5 Å². The largest absolute Gasteiger partial charge is 0.494 e. The number of H-pyrrole nitrogens is 1. The van der Waals surface area contributed by atoms with E-state index in [1.165, 1.54) is 7.11 Å². The van der Waals surface area contributed by atoms with Crippen LogP contribution in [0.2, 0.25) is 0 Å². The first kappa shape index (κ1) is 23.4. The van der Waals surface area contributed by atoms with Gasteiger partial charge in [-0.25, -0.2) is 9.97 Å². The van der Waals surface area contributed by atoms with Gasteiger partial charge in [0.2, 0.25) is 0 Å². The Morgan fingerprint density at radius 1 is 1.38 bits per heavy atom. The molecule has 1 saturated heterocycles. The number of hydrogen-bond acceptors (Lipinski definition) is 8. The number of nitriles is 1. The van der Waals surface area contributed by atoms with Crippen LogP contribution in [0.5, 0.6) is 5.75 Å². The Bertz CT molecular complexity index is 1260. The summed E-state index contributed by atoms with van der Waals surface area (Å²) in [5.41, 5.74) is 0.821. The number of carbonyl (C=O) groups excluding carboxylic acids is 1. The molecule has 2 aromatic heterocycles. The van der Waals surface area contributed by atoms with Gasteiger partial charge in [0.15, 0.2) is 0 Å². The van der Waals surface area contributed by atoms with Gasteiger partial charge in [-0.1, -0.05) is 6.07 Å². The molecule has 1 aliphatic heterocycles. The van der Waals surface area contributed by atoms with Gasteiger partial charge in [0.1, 0.15) is 34.8 Å². The normalized spacial score (nSPS) is 16.4. The van der Waals surface area contributed by atoms with Crippen molar-refractivity contribution in [3.63, 3.8) is 0 Å². The van der Waals surface area contributed by atoms with Crippen LogP contribution in [0.4, 0.5) is 5.82 Å². The highest BCUT2D eigenvalue weighted by molar-refractivity contribution is 5.84. The maximum atomic E-state index is 12.5. The van der Waals surface area contributed by atoms with Gasteiger partial charge in [-0.2, -0.15) is 5.26 Å². The molecule has 1 aliphatic rings. The molecular weight excluding hydrogens is 432 g/mol. The summed E-state index contributed by atoms with van der Waals surface area (Å²) in [6, 6.07) is 11.1. The predicted octanol–water partition coefficient (Wildman–Crippen LogP) is 2.20. The molecule has 9 nitrogen and oxygen atoms in total. The van der Waals surface area contributed by atoms with Crippen molar-refractivity contribution < 1.29 is 9.53 Å². The highest BCUT2D eigenvalue weighted by atomic mass is 16.5. The zero-order chi connectivity index (χ0) is 24.1. The van der Waals surface area contributed by atoms with Crippen molar-refractivity contribution in [1.82, 2.24) is 20.3 Å². The number of benzene rings is 1. The molecule has 0 radical (unpaired) electrons. The van der Waals surface area contributed by atoms with Gasteiger partial charge in [-0.15, -0.1) is 0 Å². The van der Waals surface area contributed by atoms with E-state index < -0.39 is 0 Å². The summed E-state index contributed by atoms with van der Waals surface area (Å²) in [5.74, 6) is 2.35. The van der Waals surface area contributed by atoms with Crippen molar-refractivity contribution in [3.8, 4) is 11.8 Å². The fourth-order valence-electron chi connectivity index (χ4n) is 4.30. The summed E-state index contributed by atoms with van der Waals surface area (Å²) < 4.78 is 5.31. The molecule has 176 valence electrons. The molecule has 1 aromatic carbocycles. The number of anilines is 1. The Kier molecular flexibility index (Phi) is 7.18. The lowest BCUT2D eigenvalue weighted by Gasteiger charge is -2.22. The van der Waals surface area contributed by atoms with Crippen LogP contribution in [0.3, 0.4) is 0 Å². The predicted molar refractivity (Wildman–Crippen MR) is 129 cm³/mol. The third kappa shape index (κ3) is 5.24. The minimum absolute atomic E-state index is 0.0678. The molecule has 3 aromatic rings. The Balaban J connectivity index is 1.27. The fraction of sp³-hybridized carbons (Fsp3) is 0.400. The van der Waals surface area contributed by atoms with Gasteiger partial charge < -0.3 is 19.9 Å². The number of carbonyl (C=O) groups is 1. The topological polar surface area (TPSA) is 124 Å². The summed E-state index contributed by atoms with van der Waals surface area (Å²) in [7, 11) is 1.54. The summed E-state index contributed by atoms with van der Waals surface area (Å²) in [5, 5.41) is 12.8. The number of aromatic nitrogens is 3. The molecule has 0 aliphatic carbocycles. The van der Waals surface area contributed by atoms with E-state index in [1.54, 1.807) is 30.5 Å². The maximum Gasteiger partial charge on any atom is 0.258 e. The van der Waals surface area contributed by atoms with Gasteiger partial charge in [0.25, 0.3) is 5.56 Å². The number of para-hydroxylation sites is 1. The average molecular weight is 461 g/mol. The molecule has 34 heavy (non-hydrogen) atoms. The van der Waals surface area contributed by atoms with Gasteiger partial charge in [-0.3, -0.25) is 9.59 Å². The zero-order valence-corrected chi connectivity index (χ0v) is 19.4. The van der Waals surface area contributed by atoms with Crippen LogP contribution in [-0.2, 0) is 11.2 Å². The fourth-order valence-corrected chi connectivity index (χ4v) is 4.30. The van der Waals surface area contributed by atoms with Gasteiger partial charge in [0.05, 0.1) is 24.6 Å². The van der Waals surface area contributed by atoms with Crippen LogP contribution in [0.1, 0.15) is 31.2 Å². The van der Waals surface area contributed by atoms with E-state index >= 15 is 0 Å². The second-order valence-electron chi connectivity index (χ2n) is 8.59. The first-order valence-electron chi connectivity index (χ1n) is 11.4.